The number of anilines is 1. The van der Waals surface area contributed by atoms with Crippen LogP contribution in [0.15, 0.2) is 18.2 Å². The van der Waals surface area contributed by atoms with Gasteiger partial charge in [0, 0.05) is 17.5 Å². The number of rotatable bonds is 6. The van der Waals surface area contributed by atoms with Crippen molar-refractivity contribution in [1.29, 1.82) is 0 Å². The van der Waals surface area contributed by atoms with Crippen LogP contribution in [0.5, 0.6) is 0 Å². The van der Waals surface area contributed by atoms with E-state index in [1.165, 1.54) is 18.2 Å². The Hall–Kier alpha value is -2.31. The molecule has 12 heteroatoms. The van der Waals surface area contributed by atoms with Gasteiger partial charge in [-0.1, -0.05) is 6.07 Å². The average Bonchev–Trinajstić information content (AvgIpc) is 2.75. The van der Waals surface area contributed by atoms with Crippen LogP contribution in [-0.4, -0.2) is 64.1 Å². The lowest BCUT2D eigenvalue weighted by molar-refractivity contribution is -0.155. The monoisotopic (exact) mass is 431 g/mol. The van der Waals surface area contributed by atoms with Crippen LogP contribution in [0.3, 0.4) is 0 Å². The predicted molar refractivity (Wildman–Crippen MR) is 98.8 cm³/mol. The van der Waals surface area contributed by atoms with Gasteiger partial charge in [-0.05, 0) is 32.9 Å². The first-order valence-corrected chi connectivity index (χ1v) is 11.1. The van der Waals surface area contributed by atoms with Crippen molar-refractivity contribution in [2.24, 2.45) is 0 Å². The molecular formula is C16H19N2O8S2-. The lowest BCUT2D eigenvalue weighted by Gasteiger charge is -2.26. The summed E-state index contributed by atoms with van der Waals surface area (Å²) in [6, 6.07) is 3.82. The topological polar surface area (TPSA) is 141 Å². The Morgan fingerprint density at radius 3 is 2.36 bits per heavy atom. The van der Waals surface area contributed by atoms with Crippen LogP contribution in [0, 0.1) is 0 Å². The molecule has 0 saturated carbocycles. The minimum absolute atomic E-state index is 0.130. The van der Waals surface area contributed by atoms with Crippen molar-refractivity contribution < 1.29 is 36.3 Å². The highest BCUT2D eigenvalue weighted by molar-refractivity contribution is 7.92. The third-order valence-corrected chi connectivity index (χ3v) is 5.06. The largest absolute Gasteiger partial charge is 0.755 e. The molecule has 0 bridgehead atoms. The Morgan fingerprint density at radius 1 is 1.25 bits per heavy atom. The van der Waals surface area contributed by atoms with Gasteiger partial charge < -0.3 is 9.29 Å². The normalized spacial score (nSPS) is 15.4. The summed E-state index contributed by atoms with van der Waals surface area (Å²) in [6.07, 6.45) is 0.831. The van der Waals surface area contributed by atoms with Crippen LogP contribution in [-0.2, 0) is 30.6 Å². The van der Waals surface area contributed by atoms with Crippen molar-refractivity contribution in [3.8, 4) is 0 Å². The SMILES string of the molecule is CC(C)(C)OC(=O)CN1C(=O)c2cccc(N(CS(C)(=O)=O)S(=O)[O-])c2C1=O. The summed E-state index contributed by atoms with van der Waals surface area (Å²) in [5.74, 6) is -3.44. The molecule has 10 nitrogen and oxygen atoms in total. The summed E-state index contributed by atoms with van der Waals surface area (Å²) in [7, 11) is -3.77. The molecule has 1 unspecified atom stereocenters. The highest BCUT2D eigenvalue weighted by Crippen LogP contribution is 2.32. The van der Waals surface area contributed by atoms with Gasteiger partial charge in [0.2, 0.25) is 0 Å². The van der Waals surface area contributed by atoms with Crippen molar-refractivity contribution in [3.63, 3.8) is 0 Å². The number of sulfone groups is 1. The van der Waals surface area contributed by atoms with Gasteiger partial charge in [-0.15, -0.1) is 0 Å². The fraction of sp³-hybridized carbons (Fsp3) is 0.438. The third kappa shape index (κ3) is 4.94. The molecule has 2 rings (SSSR count). The zero-order valence-corrected chi connectivity index (χ0v) is 17.3. The van der Waals surface area contributed by atoms with Gasteiger partial charge in [-0.25, -0.2) is 8.42 Å². The van der Waals surface area contributed by atoms with E-state index in [-0.39, 0.29) is 16.8 Å². The number of benzene rings is 1. The first-order valence-electron chi connectivity index (χ1n) is 7.97. The molecule has 28 heavy (non-hydrogen) atoms. The van der Waals surface area contributed by atoms with E-state index in [9.17, 15) is 31.6 Å². The van der Waals surface area contributed by atoms with Crippen molar-refractivity contribution in [3.05, 3.63) is 29.3 Å². The number of carbonyl (C=O) groups excluding carboxylic acids is 3. The molecule has 2 amide bonds. The second-order valence-corrected chi connectivity index (χ2v) is 10.1. The van der Waals surface area contributed by atoms with Gasteiger partial charge in [-0.2, -0.15) is 0 Å². The first kappa shape index (κ1) is 22.0. The third-order valence-electron chi connectivity index (χ3n) is 3.48. The van der Waals surface area contributed by atoms with Gasteiger partial charge in [0.15, 0.2) is 9.84 Å². The second-order valence-electron chi connectivity index (χ2n) is 7.13. The molecule has 1 aromatic carbocycles. The van der Waals surface area contributed by atoms with Crippen molar-refractivity contribution >= 4 is 44.6 Å². The molecule has 0 aliphatic carbocycles. The Balaban J connectivity index is 2.43. The van der Waals surface area contributed by atoms with Crippen LogP contribution in [0.4, 0.5) is 5.69 Å². The zero-order valence-electron chi connectivity index (χ0n) is 15.6. The molecular weight excluding hydrogens is 412 g/mol. The number of imide groups is 1. The molecule has 1 aliphatic rings. The van der Waals surface area contributed by atoms with Gasteiger partial charge in [0.05, 0.1) is 16.8 Å². The second kappa shape index (κ2) is 7.60. The van der Waals surface area contributed by atoms with E-state index in [1.807, 2.05) is 0 Å². The highest BCUT2D eigenvalue weighted by Gasteiger charge is 2.40. The Kier molecular flexibility index (Phi) is 5.97. The molecule has 1 atom stereocenters. The smallest absolute Gasteiger partial charge is 0.326 e. The number of amides is 2. The summed E-state index contributed by atoms with van der Waals surface area (Å²) < 4.78 is 51.8. The molecule has 0 fully saturated rings. The number of esters is 1. The lowest BCUT2D eigenvalue weighted by Crippen LogP contribution is -2.38. The van der Waals surface area contributed by atoms with Crippen LogP contribution < -0.4 is 4.31 Å². The molecule has 0 saturated heterocycles. The van der Waals surface area contributed by atoms with E-state index >= 15 is 0 Å². The molecule has 1 heterocycles. The number of ether oxygens (including phenoxy) is 1. The number of hydrogen-bond acceptors (Lipinski definition) is 8. The molecule has 0 N–H and O–H groups in total. The maximum Gasteiger partial charge on any atom is 0.326 e. The number of carbonyl (C=O) groups is 3. The summed E-state index contributed by atoms with van der Waals surface area (Å²) in [6.45, 7) is 4.21. The van der Waals surface area contributed by atoms with E-state index in [1.54, 1.807) is 20.8 Å². The predicted octanol–water partition coefficient (Wildman–Crippen LogP) is 0.227. The van der Waals surface area contributed by atoms with Crippen LogP contribution in [0.1, 0.15) is 41.5 Å². The molecule has 1 aromatic rings. The lowest BCUT2D eigenvalue weighted by atomic mass is 10.1. The maximum absolute atomic E-state index is 12.7. The summed E-state index contributed by atoms with van der Waals surface area (Å²) in [5, 5.41) is 0. The Bertz CT molecular complexity index is 965. The van der Waals surface area contributed by atoms with Crippen molar-refractivity contribution in [2.75, 3.05) is 23.0 Å². The van der Waals surface area contributed by atoms with E-state index < -0.39 is 56.9 Å². The van der Waals surface area contributed by atoms with Gasteiger partial charge >= 0.3 is 5.97 Å². The molecule has 154 valence electrons. The quantitative estimate of drug-likeness (QED) is 0.354. The van der Waals surface area contributed by atoms with Crippen molar-refractivity contribution in [2.45, 2.75) is 26.4 Å². The van der Waals surface area contributed by atoms with Crippen LogP contribution in [0.25, 0.3) is 0 Å². The van der Waals surface area contributed by atoms with Gasteiger partial charge in [0.25, 0.3) is 11.8 Å². The average molecular weight is 431 g/mol. The fourth-order valence-electron chi connectivity index (χ4n) is 2.58. The number of nitrogens with zero attached hydrogens (tertiary/aromatic N) is 2. The number of fused-ring (bicyclic) bond motifs is 1. The maximum atomic E-state index is 12.7. The Labute approximate surface area is 164 Å². The molecule has 1 aliphatic heterocycles. The fourth-order valence-corrected chi connectivity index (χ4v) is 4.37. The van der Waals surface area contributed by atoms with E-state index in [4.69, 9.17) is 4.74 Å². The van der Waals surface area contributed by atoms with E-state index in [0.717, 1.165) is 6.26 Å². The van der Waals surface area contributed by atoms with Crippen LogP contribution >= 0.6 is 0 Å². The minimum Gasteiger partial charge on any atom is -0.755 e. The highest BCUT2D eigenvalue weighted by atomic mass is 32.2. The van der Waals surface area contributed by atoms with Crippen LogP contribution in [0.2, 0.25) is 0 Å². The standard InChI is InChI=1S/C16H20N2O8S2/c1-16(2,3)26-12(19)8-17-14(20)10-6-5-7-11(13(10)15(17)21)18(27(22)23)9-28(4,24)25/h5-7H,8-9H2,1-4H3,(H,22,23)/p-1. The molecule has 0 spiro atoms. The van der Waals surface area contributed by atoms with Crippen molar-refractivity contribution in [1.82, 2.24) is 4.90 Å². The zero-order chi connectivity index (χ0) is 21.4. The Morgan fingerprint density at radius 2 is 1.86 bits per heavy atom. The summed E-state index contributed by atoms with van der Waals surface area (Å²) in [5.41, 5.74) is -1.51. The van der Waals surface area contributed by atoms with Gasteiger partial charge in [0.1, 0.15) is 18.0 Å². The molecule has 0 aromatic heterocycles. The van der Waals surface area contributed by atoms with E-state index in [0.29, 0.717) is 9.21 Å². The minimum atomic E-state index is -3.77. The summed E-state index contributed by atoms with van der Waals surface area (Å²) in [4.78, 5) is 37.9. The van der Waals surface area contributed by atoms with Gasteiger partial charge in [-0.3, -0.25) is 27.8 Å². The summed E-state index contributed by atoms with van der Waals surface area (Å²) >= 11 is -3.02. The first-order chi connectivity index (χ1) is 12.7. The molecule has 0 radical (unpaired) electrons. The number of hydrogen-bond donors (Lipinski definition) is 0. The van der Waals surface area contributed by atoms with E-state index in [2.05, 4.69) is 0 Å².